The van der Waals surface area contributed by atoms with Crippen molar-refractivity contribution in [1.82, 2.24) is 10.3 Å². The number of aromatic nitrogens is 1. The third kappa shape index (κ3) is 3.92. The molecule has 0 fully saturated rings. The molecule has 1 aromatic carbocycles. The van der Waals surface area contributed by atoms with Gasteiger partial charge >= 0.3 is 0 Å². The van der Waals surface area contributed by atoms with E-state index in [9.17, 15) is 9.59 Å². The second-order valence-corrected chi connectivity index (χ2v) is 6.74. The van der Waals surface area contributed by atoms with Crippen molar-refractivity contribution in [2.24, 2.45) is 5.73 Å². The molecule has 27 heavy (non-hydrogen) atoms. The summed E-state index contributed by atoms with van der Waals surface area (Å²) in [4.78, 5) is 28.4. The Morgan fingerprint density at radius 2 is 2.04 bits per heavy atom. The Labute approximate surface area is 156 Å². The summed E-state index contributed by atoms with van der Waals surface area (Å²) in [6, 6.07) is 10.8. The van der Waals surface area contributed by atoms with Crippen molar-refractivity contribution in [2.75, 3.05) is 0 Å². The molecule has 3 aromatic rings. The molecule has 7 heteroatoms. The largest absolute Gasteiger partial charge is 0.487 e. The molecule has 0 saturated carbocycles. The second kappa shape index (κ2) is 7.11. The fraction of sp³-hybridized carbons (Fsp3) is 0.250. The number of amides is 2. The molecule has 0 radical (unpaired) electrons. The van der Waals surface area contributed by atoms with Gasteiger partial charge in [0.15, 0.2) is 0 Å². The zero-order valence-corrected chi connectivity index (χ0v) is 15.4. The fourth-order valence-corrected chi connectivity index (χ4v) is 2.62. The van der Waals surface area contributed by atoms with Crippen LogP contribution in [-0.4, -0.2) is 22.3 Å². The van der Waals surface area contributed by atoms with Crippen molar-refractivity contribution in [3.05, 3.63) is 59.6 Å². The third-order valence-electron chi connectivity index (χ3n) is 4.22. The Morgan fingerprint density at radius 3 is 2.70 bits per heavy atom. The average molecular weight is 367 g/mol. The highest BCUT2D eigenvalue weighted by Crippen LogP contribution is 2.29. The number of carbonyl (C=O) groups excluding carboxylic acids is 2. The lowest BCUT2D eigenvalue weighted by Crippen LogP contribution is -2.53. The number of primary amides is 1. The summed E-state index contributed by atoms with van der Waals surface area (Å²) in [7, 11) is 0. The normalized spacial score (nSPS) is 11.4. The van der Waals surface area contributed by atoms with Crippen LogP contribution in [0.1, 0.15) is 35.7 Å². The van der Waals surface area contributed by atoms with E-state index < -0.39 is 17.4 Å². The quantitative estimate of drug-likeness (QED) is 0.696. The van der Waals surface area contributed by atoms with Gasteiger partial charge in [0.2, 0.25) is 5.91 Å². The van der Waals surface area contributed by atoms with Gasteiger partial charge in [0.25, 0.3) is 5.91 Å². The van der Waals surface area contributed by atoms with Crippen LogP contribution in [0.25, 0.3) is 11.0 Å². The second-order valence-electron chi connectivity index (χ2n) is 6.74. The first-order valence-electron chi connectivity index (χ1n) is 8.46. The zero-order valence-electron chi connectivity index (χ0n) is 15.4. The van der Waals surface area contributed by atoms with Crippen molar-refractivity contribution >= 4 is 22.8 Å². The van der Waals surface area contributed by atoms with Gasteiger partial charge in [0.1, 0.15) is 29.2 Å². The van der Waals surface area contributed by atoms with E-state index in [0.717, 1.165) is 5.69 Å². The van der Waals surface area contributed by atoms with Crippen LogP contribution < -0.4 is 15.8 Å². The van der Waals surface area contributed by atoms with Crippen molar-refractivity contribution in [1.29, 1.82) is 0 Å². The highest BCUT2D eigenvalue weighted by molar-refractivity contribution is 6.09. The monoisotopic (exact) mass is 367 g/mol. The Kier molecular flexibility index (Phi) is 4.85. The first kappa shape index (κ1) is 18.4. The van der Waals surface area contributed by atoms with Crippen LogP contribution >= 0.6 is 0 Å². The third-order valence-corrected chi connectivity index (χ3v) is 4.22. The maximum Gasteiger partial charge on any atom is 0.256 e. The van der Waals surface area contributed by atoms with Gasteiger partial charge in [0, 0.05) is 11.6 Å². The number of nitrogens with one attached hydrogen (secondary N) is 1. The van der Waals surface area contributed by atoms with E-state index in [-0.39, 0.29) is 0 Å². The van der Waals surface area contributed by atoms with Gasteiger partial charge in [-0.05, 0) is 51.1 Å². The van der Waals surface area contributed by atoms with Gasteiger partial charge in [-0.3, -0.25) is 14.6 Å². The smallest absolute Gasteiger partial charge is 0.256 e. The first-order valence-corrected chi connectivity index (χ1v) is 8.46. The minimum absolute atomic E-state index is 0.305. The number of fused-ring (bicyclic) bond motifs is 1. The molecule has 0 aliphatic carbocycles. The van der Waals surface area contributed by atoms with Crippen molar-refractivity contribution < 1.29 is 18.7 Å². The number of ether oxygens (including phenoxy) is 1. The molecule has 0 saturated heterocycles. The standard InChI is InChI=1S/C20H21N3O4/c1-12-17(18(24)23-20(2,3)19(21)25)15-10-14(7-8-16(15)27-12)26-11-13-6-4-5-9-22-13/h4-10H,11H2,1-3H3,(H2,21,25)(H,23,24). The minimum atomic E-state index is -1.18. The van der Waals surface area contributed by atoms with Crippen LogP contribution in [-0.2, 0) is 11.4 Å². The lowest BCUT2D eigenvalue weighted by Gasteiger charge is -2.22. The average Bonchev–Trinajstić information content (AvgIpc) is 2.95. The fourth-order valence-electron chi connectivity index (χ4n) is 2.62. The SMILES string of the molecule is Cc1oc2ccc(OCc3ccccn3)cc2c1C(=O)NC(C)(C)C(N)=O. The number of nitrogens with two attached hydrogens (primary N) is 1. The number of nitrogens with zero attached hydrogens (tertiary/aromatic N) is 1. The van der Waals surface area contributed by atoms with Crippen LogP contribution in [0.2, 0.25) is 0 Å². The van der Waals surface area contributed by atoms with Crippen LogP contribution in [0.3, 0.4) is 0 Å². The predicted octanol–water partition coefficient (Wildman–Crippen LogP) is 2.71. The van der Waals surface area contributed by atoms with E-state index >= 15 is 0 Å². The minimum Gasteiger partial charge on any atom is -0.487 e. The molecule has 3 rings (SSSR count). The molecule has 0 aliphatic rings. The number of benzene rings is 1. The van der Waals surface area contributed by atoms with Crippen molar-refractivity contribution in [3.63, 3.8) is 0 Å². The molecule has 0 bridgehead atoms. The number of aryl methyl sites for hydroxylation is 1. The summed E-state index contributed by atoms with van der Waals surface area (Å²) in [5.74, 6) is -0.0283. The summed E-state index contributed by atoms with van der Waals surface area (Å²) >= 11 is 0. The molecule has 0 aliphatic heterocycles. The lowest BCUT2D eigenvalue weighted by atomic mass is 10.0. The summed E-state index contributed by atoms with van der Waals surface area (Å²) in [5, 5.41) is 3.24. The van der Waals surface area contributed by atoms with Crippen molar-refractivity contribution in [3.8, 4) is 5.75 Å². The van der Waals surface area contributed by atoms with Crippen molar-refractivity contribution in [2.45, 2.75) is 32.9 Å². The van der Waals surface area contributed by atoms with E-state index in [1.54, 1.807) is 45.2 Å². The Morgan fingerprint density at radius 1 is 1.26 bits per heavy atom. The number of carbonyl (C=O) groups is 2. The van der Waals surface area contributed by atoms with E-state index in [1.165, 1.54) is 0 Å². The summed E-state index contributed by atoms with van der Waals surface area (Å²) in [6.45, 7) is 5.10. The molecule has 2 heterocycles. The summed E-state index contributed by atoms with van der Waals surface area (Å²) in [5.41, 5.74) is 5.86. The van der Waals surface area contributed by atoms with Gasteiger partial charge in [-0.2, -0.15) is 0 Å². The molecule has 0 spiro atoms. The topological polar surface area (TPSA) is 107 Å². The van der Waals surface area contributed by atoms with Gasteiger partial charge in [-0.15, -0.1) is 0 Å². The Bertz CT molecular complexity index is 993. The van der Waals surface area contributed by atoms with Gasteiger partial charge < -0.3 is 20.2 Å². The Hall–Kier alpha value is -3.35. The number of hydrogen-bond acceptors (Lipinski definition) is 5. The first-order chi connectivity index (χ1) is 12.8. The molecule has 0 atom stereocenters. The highest BCUT2D eigenvalue weighted by Gasteiger charge is 2.29. The molecule has 7 nitrogen and oxygen atoms in total. The molecular weight excluding hydrogens is 346 g/mol. The van der Waals surface area contributed by atoms with Crippen LogP contribution in [0.4, 0.5) is 0 Å². The zero-order chi connectivity index (χ0) is 19.6. The number of rotatable bonds is 6. The van der Waals surface area contributed by atoms with Crippen LogP contribution in [0.5, 0.6) is 5.75 Å². The van der Waals surface area contributed by atoms with E-state index in [0.29, 0.717) is 34.6 Å². The van der Waals surface area contributed by atoms with E-state index in [2.05, 4.69) is 10.3 Å². The molecule has 0 unspecified atom stereocenters. The highest BCUT2D eigenvalue weighted by atomic mass is 16.5. The maximum atomic E-state index is 12.7. The Balaban J connectivity index is 1.88. The molecule has 2 aromatic heterocycles. The summed E-state index contributed by atoms with van der Waals surface area (Å²) < 4.78 is 11.4. The number of furan rings is 1. The van der Waals surface area contributed by atoms with Crippen LogP contribution in [0, 0.1) is 6.92 Å². The summed E-state index contributed by atoms with van der Waals surface area (Å²) in [6.07, 6.45) is 1.70. The maximum absolute atomic E-state index is 12.7. The van der Waals surface area contributed by atoms with Gasteiger partial charge in [-0.25, -0.2) is 0 Å². The molecule has 2 amide bonds. The lowest BCUT2D eigenvalue weighted by molar-refractivity contribution is -0.122. The molecular formula is C20H21N3O4. The molecule has 140 valence electrons. The molecule has 3 N–H and O–H groups in total. The number of hydrogen-bond donors (Lipinski definition) is 2. The van der Waals surface area contributed by atoms with E-state index in [4.69, 9.17) is 14.9 Å². The van der Waals surface area contributed by atoms with Gasteiger partial charge in [-0.1, -0.05) is 6.07 Å². The number of pyridine rings is 1. The van der Waals surface area contributed by atoms with E-state index in [1.807, 2.05) is 18.2 Å². The van der Waals surface area contributed by atoms with Gasteiger partial charge in [0.05, 0.1) is 11.3 Å². The van der Waals surface area contributed by atoms with Crippen LogP contribution in [0.15, 0.2) is 47.0 Å². The predicted molar refractivity (Wildman–Crippen MR) is 100 cm³/mol.